The van der Waals surface area contributed by atoms with Gasteiger partial charge >= 0.3 is 0 Å². The fourth-order valence-electron chi connectivity index (χ4n) is 4.58. The van der Waals surface area contributed by atoms with Crippen molar-refractivity contribution >= 4 is 39.4 Å². The Morgan fingerprint density at radius 3 is 2.30 bits per heavy atom. The van der Waals surface area contributed by atoms with E-state index in [2.05, 4.69) is 47.1 Å². The minimum absolute atomic E-state index is 0.0390. The molecule has 208 valence electrons. The summed E-state index contributed by atoms with van der Waals surface area (Å²) in [6.07, 6.45) is 1.56. The second-order valence-electron chi connectivity index (χ2n) is 9.44. The first-order chi connectivity index (χ1) is 19.0. The van der Waals surface area contributed by atoms with E-state index < -0.39 is 22.5 Å². The zero-order valence-electron chi connectivity index (χ0n) is 23.0. The second kappa shape index (κ2) is 12.0. The molecule has 0 fully saturated rings. The van der Waals surface area contributed by atoms with Crippen molar-refractivity contribution in [1.29, 1.82) is 0 Å². The zero-order chi connectivity index (χ0) is 29.0. The SMILES string of the molecule is COc1ccc(N(CC(=O)N/N=C/c2cc(C)n(-c3cc(C)cc(C)c3)c2C)S(=O)(=O)c2ccccc2)cc1Cl. The molecule has 1 amide bonds. The minimum atomic E-state index is -4.09. The van der Waals surface area contributed by atoms with Crippen LogP contribution in [0.25, 0.3) is 5.69 Å². The smallest absolute Gasteiger partial charge is 0.264 e. The molecular formula is C30H31ClN4O4S. The second-order valence-corrected chi connectivity index (χ2v) is 11.7. The molecule has 0 bridgehead atoms. The van der Waals surface area contributed by atoms with E-state index in [-0.39, 0.29) is 15.6 Å². The molecule has 10 heteroatoms. The Bertz CT molecular complexity index is 1660. The standard InChI is InChI=1S/C30H31ClN4O4S/c1-20-13-21(2)15-26(14-20)35-22(3)16-24(23(35)4)18-32-33-30(36)19-34(25-11-12-29(39-5)28(31)17-25)40(37,38)27-9-7-6-8-10-27/h6-18H,19H2,1-5H3,(H,33,36)/b32-18+. The predicted molar refractivity (Wildman–Crippen MR) is 159 cm³/mol. The number of hydrogen-bond acceptors (Lipinski definition) is 5. The first-order valence-electron chi connectivity index (χ1n) is 12.5. The van der Waals surface area contributed by atoms with Gasteiger partial charge in [0.15, 0.2) is 0 Å². The number of aromatic nitrogens is 1. The van der Waals surface area contributed by atoms with Crippen LogP contribution in [-0.4, -0.2) is 38.8 Å². The number of halogens is 1. The quantitative estimate of drug-likeness (QED) is 0.203. The molecule has 0 spiro atoms. The highest BCUT2D eigenvalue weighted by Crippen LogP contribution is 2.32. The summed E-state index contributed by atoms with van der Waals surface area (Å²) in [5.74, 6) is -0.235. The lowest BCUT2D eigenvalue weighted by Gasteiger charge is -2.24. The van der Waals surface area contributed by atoms with E-state index in [4.69, 9.17) is 16.3 Å². The number of nitrogens with zero attached hydrogens (tertiary/aromatic N) is 3. The van der Waals surface area contributed by atoms with Crippen LogP contribution < -0.4 is 14.5 Å². The van der Waals surface area contributed by atoms with E-state index in [0.717, 1.165) is 38.1 Å². The van der Waals surface area contributed by atoms with Crippen molar-refractivity contribution in [1.82, 2.24) is 9.99 Å². The fraction of sp³-hybridized carbons (Fsp3) is 0.200. The van der Waals surface area contributed by atoms with Crippen molar-refractivity contribution in [3.05, 3.63) is 106 Å². The van der Waals surface area contributed by atoms with Crippen LogP contribution in [0.4, 0.5) is 5.69 Å². The largest absolute Gasteiger partial charge is 0.495 e. The molecule has 0 aliphatic rings. The Morgan fingerprint density at radius 1 is 1.00 bits per heavy atom. The Morgan fingerprint density at radius 2 is 1.68 bits per heavy atom. The number of nitrogens with one attached hydrogen (secondary N) is 1. The number of carbonyl (C=O) groups is 1. The first-order valence-corrected chi connectivity index (χ1v) is 14.3. The molecule has 3 aromatic carbocycles. The number of carbonyl (C=O) groups excluding carboxylic acids is 1. The van der Waals surface area contributed by atoms with Crippen molar-refractivity contribution in [3.63, 3.8) is 0 Å². The lowest BCUT2D eigenvalue weighted by atomic mass is 10.1. The summed E-state index contributed by atoms with van der Waals surface area (Å²) in [5, 5.41) is 4.34. The molecule has 0 atom stereocenters. The van der Waals surface area contributed by atoms with Crippen LogP contribution >= 0.6 is 11.6 Å². The van der Waals surface area contributed by atoms with Gasteiger partial charge in [0.25, 0.3) is 15.9 Å². The van der Waals surface area contributed by atoms with Gasteiger partial charge in [0.05, 0.1) is 28.9 Å². The predicted octanol–water partition coefficient (Wildman–Crippen LogP) is 5.72. The van der Waals surface area contributed by atoms with Crippen LogP contribution in [0, 0.1) is 27.7 Å². The number of rotatable bonds is 9. The van der Waals surface area contributed by atoms with Crippen molar-refractivity contribution in [2.45, 2.75) is 32.6 Å². The zero-order valence-corrected chi connectivity index (χ0v) is 24.5. The van der Waals surface area contributed by atoms with Gasteiger partial charge in [-0.2, -0.15) is 5.10 Å². The van der Waals surface area contributed by atoms with E-state index in [0.29, 0.717) is 5.75 Å². The minimum Gasteiger partial charge on any atom is -0.495 e. The summed E-state index contributed by atoms with van der Waals surface area (Å²) < 4.78 is 35.4. The van der Waals surface area contributed by atoms with E-state index in [1.807, 2.05) is 19.9 Å². The summed E-state index contributed by atoms with van der Waals surface area (Å²) >= 11 is 6.28. The number of ether oxygens (including phenoxy) is 1. The summed E-state index contributed by atoms with van der Waals surface area (Å²) in [7, 11) is -2.63. The summed E-state index contributed by atoms with van der Waals surface area (Å²) in [5.41, 5.74) is 8.87. The highest BCUT2D eigenvalue weighted by Gasteiger charge is 2.27. The van der Waals surface area contributed by atoms with Gasteiger partial charge in [0.2, 0.25) is 0 Å². The molecule has 8 nitrogen and oxygen atoms in total. The molecule has 4 rings (SSSR count). The van der Waals surface area contributed by atoms with Crippen LogP contribution in [-0.2, 0) is 14.8 Å². The molecule has 0 radical (unpaired) electrons. The number of sulfonamides is 1. The third-order valence-corrected chi connectivity index (χ3v) is 8.45. The number of aryl methyl sites for hydroxylation is 3. The van der Waals surface area contributed by atoms with Crippen LogP contribution in [0.15, 0.2) is 82.8 Å². The molecule has 0 unspecified atom stereocenters. The van der Waals surface area contributed by atoms with Crippen molar-refractivity contribution in [2.24, 2.45) is 5.10 Å². The van der Waals surface area contributed by atoms with Crippen molar-refractivity contribution in [2.75, 3.05) is 18.0 Å². The number of hydrogen-bond donors (Lipinski definition) is 1. The third kappa shape index (κ3) is 6.21. The summed E-state index contributed by atoms with van der Waals surface area (Å²) in [4.78, 5) is 13.0. The van der Waals surface area contributed by atoms with Crippen molar-refractivity contribution < 1.29 is 17.9 Å². The topological polar surface area (TPSA) is 93.0 Å². The van der Waals surface area contributed by atoms with Gasteiger partial charge in [0.1, 0.15) is 12.3 Å². The molecule has 40 heavy (non-hydrogen) atoms. The van der Waals surface area contributed by atoms with Gasteiger partial charge < -0.3 is 9.30 Å². The molecule has 1 heterocycles. The molecule has 0 saturated carbocycles. The molecular weight excluding hydrogens is 548 g/mol. The number of amides is 1. The Labute approximate surface area is 239 Å². The number of benzene rings is 3. The number of methoxy groups -OCH3 is 1. The van der Waals surface area contributed by atoms with Gasteiger partial charge in [-0.15, -0.1) is 0 Å². The van der Waals surface area contributed by atoms with Gasteiger partial charge in [-0.05, 0) is 87.4 Å². The van der Waals surface area contributed by atoms with E-state index in [9.17, 15) is 13.2 Å². The summed E-state index contributed by atoms with van der Waals surface area (Å²) in [6, 6.07) is 20.7. The average molecular weight is 579 g/mol. The molecule has 0 aliphatic heterocycles. The first kappa shape index (κ1) is 28.9. The van der Waals surface area contributed by atoms with Crippen LogP contribution in [0.3, 0.4) is 0 Å². The van der Waals surface area contributed by atoms with Crippen molar-refractivity contribution in [3.8, 4) is 11.4 Å². The Balaban J connectivity index is 1.58. The maximum Gasteiger partial charge on any atom is 0.264 e. The Kier molecular flexibility index (Phi) is 8.66. The van der Waals surface area contributed by atoms with Gasteiger partial charge in [-0.3, -0.25) is 9.10 Å². The maximum atomic E-state index is 13.5. The third-order valence-electron chi connectivity index (χ3n) is 6.37. The van der Waals surface area contributed by atoms with Crippen LogP contribution in [0.2, 0.25) is 5.02 Å². The van der Waals surface area contributed by atoms with Gasteiger partial charge in [0, 0.05) is 22.6 Å². The average Bonchev–Trinajstić information content (AvgIpc) is 3.19. The molecule has 0 aliphatic carbocycles. The maximum absolute atomic E-state index is 13.5. The van der Waals surface area contributed by atoms with Crippen LogP contribution in [0.5, 0.6) is 5.75 Å². The van der Waals surface area contributed by atoms with Gasteiger partial charge in [-0.1, -0.05) is 35.9 Å². The van der Waals surface area contributed by atoms with Gasteiger partial charge in [-0.25, -0.2) is 13.8 Å². The normalized spacial score (nSPS) is 11.6. The number of hydrazone groups is 1. The number of anilines is 1. The molecule has 1 N–H and O–H groups in total. The monoisotopic (exact) mass is 578 g/mol. The molecule has 0 saturated heterocycles. The van der Waals surface area contributed by atoms with E-state index >= 15 is 0 Å². The highest BCUT2D eigenvalue weighted by molar-refractivity contribution is 7.92. The fourth-order valence-corrected chi connectivity index (χ4v) is 6.27. The molecule has 4 aromatic rings. The van der Waals surface area contributed by atoms with E-state index in [1.165, 1.54) is 31.4 Å². The molecule has 1 aromatic heterocycles. The Hall–Kier alpha value is -4.08. The van der Waals surface area contributed by atoms with Crippen LogP contribution in [0.1, 0.15) is 28.1 Å². The van der Waals surface area contributed by atoms with E-state index in [1.54, 1.807) is 30.5 Å². The lowest BCUT2D eigenvalue weighted by Crippen LogP contribution is -2.39. The lowest BCUT2D eigenvalue weighted by molar-refractivity contribution is -0.119. The highest BCUT2D eigenvalue weighted by atomic mass is 35.5. The summed E-state index contributed by atoms with van der Waals surface area (Å²) in [6.45, 7) is 7.59.